The number of hydrogen-bond donors (Lipinski definition) is 1. The lowest BCUT2D eigenvalue weighted by molar-refractivity contribution is 0.464. The molecule has 0 heterocycles. The van der Waals surface area contributed by atoms with Crippen LogP contribution in [0.1, 0.15) is 56.6 Å². The van der Waals surface area contributed by atoms with Crippen molar-refractivity contribution in [1.82, 2.24) is 0 Å². The van der Waals surface area contributed by atoms with Crippen LogP contribution in [0.3, 0.4) is 0 Å². The van der Waals surface area contributed by atoms with Crippen molar-refractivity contribution in [3.8, 4) is 5.75 Å². The first-order valence-electron chi connectivity index (χ1n) is 6.74. The summed E-state index contributed by atoms with van der Waals surface area (Å²) in [4.78, 5) is 0. The van der Waals surface area contributed by atoms with E-state index in [-0.39, 0.29) is 0 Å². The Hall–Kier alpha value is -0.0200. The van der Waals surface area contributed by atoms with Crippen molar-refractivity contribution in [2.75, 3.05) is 0 Å². The summed E-state index contributed by atoms with van der Waals surface area (Å²) in [6, 6.07) is 1.78. The average Bonchev–Trinajstić information content (AvgIpc) is 2.34. The van der Waals surface area contributed by atoms with Gasteiger partial charge in [0.2, 0.25) is 0 Å². The normalized spacial score (nSPS) is 10.9. The highest BCUT2D eigenvalue weighted by atomic mass is 79.9. The van der Waals surface area contributed by atoms with Crippen LogP contribution in [0, 0.1) is 6.92 Å². The van der Waals surface area contributed by atoms with E-state index >= 15 is 0 Å². The molecule has 0 saturated heterocycles. The van der Waals surface area contributed by atoms with Gasteiger partial charge in [-0.15, -0.1) is 0 Å². The van der Waals surface area contributed by atoms with Crippen molar-refractivity contribution in [2.45, 2.75) is 58.8 Å². The van der Waals surface area contributed by atoms with Crippen molar-refractivity contribution in [2.24, 2.45) is 0 Å². The lowest BCUT2D eigenvalue weighted by atomic mass is 10.0. The molecule has 0 aliphatic heterocycles. The maximum atomic E-state index is 9.99. The van der Waals surface area contributed by atoms with E-state index in [1.807, 2.05) is 0 Å². The molecule has 0 radical (unpaired) electrons. The Kier molecular flexibility index (Phi) is 7.31. The van der Waals surface area contributed by atoms with Gasteiger partial charge in [-0.3, -0.25) is 0 Å². The van der Waals surface area contributed by atoms with Crippen LogP contribution in [0.4, 0.5) is 0 Å². The Morgan fingerprint density at radius 2 is 1.67 bits per heavy atom. The number of hydrogen-bond acceptors (Lipinski definition) is 1. The van der Waals surface area contributed by atoms with Crippen LogP contribution in [0.25, 0.3) is 0 Å². The van der Waals surface area contributed by atoms with E-state index in [2.05, 4.69) is 45.7 Å². The lowest BCUT2D eigenvalue weighted by Gasteiger charge is -2.12. The number of rotatable bonds is 7. The SMILES string of the molecule is CCCCCCCCc1c(O)cc(Br)c(Br)c1C. The third kappa shape index (κ3) is 4.58. The van der Waals surface area contributed by atoms with Crippen LogP contribution >= 0.6 is 31.9 Å². The van der Waals surface area contributed by atoms with Crippen LogP contribution in [0.15, 0.2) is 15.0 Å². The predicted molar refractivity (Wildman–Crippen MR) is 85.3 cm³/mol. The quantitative estimate of drug-likeness (QED) is 0.566. The fraction of sp³-hybridized carbons (Fsp3) is 0.600. The van der Waals surface area contributed by atoms with Crippen LogP contribution in [0.5, 0.6) is 5.75 Å². The zero-order valence-corrected chi connectivity index (χ0v) is 14.4. The smallest absolute Gasteiger partial charge is 0.120 e. The predicted octanol–water partition coefficient (Wildman–Crippen LogP) is 6.13. The van der Waals surface area contributed by atoms with E-state index in [1.165, 1.54) is 32.1 Å². The Morgan fingerprint density at radius 3 is 2.33 bits per heavy atom. The Bertz CT molecular complexity index is 389. The van der Waals surface area contributed by atoms with Crippen molar-refractivity contribution in [3.05, 3.63) is 26.1 Å². The molecule has 1 N–H and O–H groups in total. The molecule has 1 nitrogen and oxygen atoms in total. The van der Waals surface area contributed by atoms with Crippen molar-refractivity contribution < 1.29 is 5.11 Å². The van der Waals surface area contributed by atoms with E-state index in [1.54, 1.807) is 6.07 Å². The van der Waals surface area contributed by atoms with Gasteiger partial charge in [-0.2, -0.15) is 0 Å². The zero-order valence-electron chi connectivity index (χ0n) is 11.2. The summed E-state index contributed by atoms with van der Waals surface area (Å²) in [6.07, 6.45) is 8.67. The van der Waals surface area contributed by atoms with E-state index < -0.39 is 0 Å². The Balaban J connectivity index is 2.50. The highest BCUT2D eigenvalue weighted by Crippen LogP contribution is 2.35. The molecule has 0 saturated carbocycles. The number of benzene rings is 1. The summed E-state index contributed by atoms with van der Waals surface area (Å²) in [6.45, 7) is 4.29. The molecule has 3 heteroatoms. The maximum Gasteiger partial charge on any atom is 0.120 e. The summed E-state index contributed by atoms with van der Waals surface area (Å²) in [5, 5.41) is 9.99. The van der Waals surface area contributed by atoms with E-state index in [4.69, 9.17) is 0 Å². The zero-order chi connectivity index (χ0) is 13.5. The van der Waals surface area contributed by atoms with Gasteiger partial charge < -0.3 is 5.11 Å². The summed E-state index contributed by atoms with van der Waals surface area (Å²) in [5.41, 5.74) is 2.23. The van der Waals surface area contributed by atoms with Crippen molar-refractivity contribution >= 4 is 31.9 Å². The molecule has 102 valence electrons. The molecule has 0 atom stereocenters. The monoisotopic (exact) mass is 376 g/mol. The first-order valence-corrected chi connectivity index (χ1v) is 8.33. The third-order valence-corrected chi connectivity index (χ3v) is 5.52. The first kappa shape index (κ1) is 16.0. The summed E-state index contributed by atoms with van der Waals surface area (Å²) in [5.74, 6) is 0.413. The molecule has 1 rings (SSSR count). The second-order valence-corrected chi connectivity index (χ2v) is 6.46. The van der Waals surface area contributed by atoms with Gasteiger partial charge in [0.05, 0.1) is 0 Å². The number of aromatic hydroxyl groups is 1. The van der Waals surface area contributed by atoms with Crippen molar-refractivity contribution in [3.63, 3.8) is 0 Å². The number of phenolic OH excluding ortho intramolecular Hbond substituents is 1. The van der Waals surface area contributed by atoms with Gasteiger partial charge in [-0.1, -0.05) is 39.0 Å². The maximum absolute atomic E-state index is 9.99. The molecule has 0 spiro atoms. The fourth-order valence-electron chi connectivity index (χ4n) is 2.17. The lowest BCUT2D eigenvalue weighted by Crippen LogP contribution is -1.93. The topological polar surface area (TPSA) is 20.2 Å². The van der Waals surface area contributed by atoms with Gasteiger partial charge in [0.25, 0.3) is 0 Å². The van der Waals surface area contributed by atoms with Crippen LogP contribution in [-0.4, -0.2) is 5.11 Å². The highest BCUT2D eigenvalue weighted by Gasteiger charge is 2.11. The Morgan fingerprint density at radius 1 is 1.06 bits per heavy atom. The van der Waals surface area contributed by atoms with Gasteiger partial charge in [0.15, 0.2) is 0 Å². The standard InChI is InChI=1S/C15H22Br2O/c1-3-4-5-6-7-8-9-12-11(2)15(17)13(16)10-14(12)18/h10,18H,3-9H2,1-2H3. The van der Waals surface area contributed by atoms with E-state index in [0.29, 0.717) is 5.75 Å². The molecule has 0 unspecified atom stereocenters. The van der Waals surface area contributed by atoms with Crippen LogP contribution in [0.2, 0.25) is 0 Å². The highest BCUT2D eigenvalue weighted by molar-refractivity contribution is 9.13. The van der Waals surface area contributed by atoms with Gasteiger partial charge in [-0.25, -0.2) is 0 Å². The van der Waals surface area contributed by atoms with E-state index in [0.717, 1.165) is 32.9 Å². The number of halogens is 2. The van der Waals surface area contributed by atoms with Crippen LogP contribution in [-0.2, 0) is 6.42 Å². The number of phenols is 1. The molecule has 0 aromatic heterocycles. The minimum Gasteiger partial charge on any atom is -0.508 e. The average molecular weight is 378 g/mol. The molecule has 0 fully saturated rings. The second kappa shape index (κ2) is 8.21. The summed E-state index contributed by atoms with van der Waals surface area (Å²) < 4.78 is 1.98. The molecule has 1 aromatic carbocycles. The molecule has 0 amide bonds. The molecule has 0 aliphatic carbocycles. The van der Waals surface area contributed by atoms with Gasteiger partial charge in [-0.05, 0) is 68.8 Å². The minimum absolute atomic E-state index is 0.413. The summed E-state index contributed by atoms with van der Waals surface area (Å²) >= 11 is 6.98. The number of unbranched alkanes of at least 4 members (excludes halogenated alkanes) is 5. The Labute approximate surface area is 127 Å². The van der Waals surface area contributed by atoms with Gasteiger partial charge >= 0.3 is 0 Å². The first-order chi connectivity index (χ1) is 8.57. The summed E-state index contributed by atoms with van der Waals surface area (Å²) in [7, 11) is 0. The largest absolute Gasteiger partial charge is 0.508 e. The molecule has 0 aliphatic rings. The van der Waals surface area contributed by atoms with E-state index in [9.17, 15) is 5.11 Å². The third-order valence-electron chi connectivity index (χ3n) is 3.34. The minimum atomic E-state index is 0.413. The van der Waals surface area contributed by atoms with Crippen LogP contribution < -0.4 is 0 Å². The van der Waals surface area contributed by atoms with Gasteiger partial charge in [0, 0.05) is 8.95 Å². The molecule has 18 heavy (non-hydrogen) atoms. The molecular weight excluding hydrogens is 356 g/mol. The molecular formula is C15H22Br2O. The van der Waals surface area contributed by atoms with Gasteiger partial charge in [0.1, 0.15) is 5.75 Å². The second-order valence-electron chi connectivity index (χ2n) is 4.81. The molecule has 1 aromatic rings. The molecule has 0 bridgehead atoms. The van der Waals surface area contributed by atoms with Crippen molar-refractivity contribution in [1.29, 1.82) is 0 Å². The fourth-order valence-corrected chi connectivity index (χ4v) is 3.04.